The molecule has 1 atom stereocenters. The molecule has 0 spiro atoms. The highest BCUT2D eigenvalue weighted by Crippen LogP contribution is 2.00. The molecule has 0 amide bonds. The summed E-state index contributed by atoms with van der Waals surface area (Å²) in [6.07, 6.45) is 5.39. The largest absolute Gasteiger partial charge is 0.296 e. The maximum absolute atomic E-state index is 10.0. The summed E-state index contributed by atoms with van der Waals surface area (Å²) in [5.41, 5.74) is 0. The smallest absolute Gasteiger partial charge is 0.233 e. The zero-order valence-electron chi connectivity index (χ0n) is 6.80. The third kappa shape index (κ3) is 9.67. The van der Waals surface area contributed by atoms with Crippen molar-refractivity contribution in [3.63, 3.8) is 0 Å². The fraction of sp³-hybridized carbons (Fsp3) is 0.750. The standard InChI is InChI=1S/C8H14O2S/c1-2-3-4-5-6-7-8-11(9)10/h2-6H2,1H3,(H,9,10). The predicted molar refractivity (Wildman–Crippen MR) is 47.3 cm³/mol. The van der Waals surface area contributed by atoms with Crippen LogP contribution in [0.15, 0.2) is 0 Å². The molecule has 3 heteroatoms. The monoisotopic (exact) mass is 174 g/mol. The maximum atomic E-state index is 10.0. The van der Waals surface area contributed by atoms with Gasteiger partial charge in [-0.3, -0.25) is 4.55 Å². The first-order valence-corrected chi connectivity index (χ1v) is 4.97. The lowest BCUT2D eigenvalue weighted by Gasteiger charge is -1.91. The van der Waals surface area contributed by atoms with E-state index < -0.39 is 11.1 Å². The van der Waals surface area contributed by atoms with Gasteiger partial charge in [0, 0.05) is 11.7 Å². The van der Waals surface area contributed by atoms with Crippen molar-refractivity contribution in [3.8, 4) is 11.2 Å². The van der Waals surface area contributed by atoms with Crippen molar-refractivity contribution in [3.05, 3.63) is 0 Å². The lowest BCUT2D eigenvalue weighted by Crippen LogP contribution is -1.78. The van der Waals surface area contributed by atoms with E-state index in [0.29, 0.717) is 0 Å². The Morgan fingerprint density at radius 1 is 1.36 bits per heavy atom. The van der Waals surface area contributed by atoms with E-state index in [4.69, 9.17) is 4.55 Å². The van der Waals surface area contributed by atoms with Crippen LogP contribution in [0.1, 0.15) is 39.0 Å². The molecule has 0 aliphatic carbocycles. The maximum Gasteiger partial charge on any atom is 0.233 e. The van der Waals surface area contributed by atoms with Crippen LogP contribution in [0.2, 0.25) is 0 Å². The van der Waals surface area contributed by atoms with Crippen LogP contribution in [-0.4, -0.2) is 8.76 Å². The fourth-order valence-corrected chi connectivity index (χ4v) is 0.978. The van der Waals surface area contributed by atoms with E-state index in [9.17, 15) is 4.21 Å². The Kier molecular flexibility index (Phi) is 7.54. The minimum Gasteiger partial charge on any atom is -0.296 e. The number of unbranched alkanes of at least 4 members (excludes halogenated alkanes) is 4. The van der Waals surface area contributed by atoms with Gasteiger partial charge in [-0.15, -0.1) is 0 Å². The normalized spacial score (nSPS) is 11.8. The summed E-state index contributed by atoms with van der Waals surface area (Å²) in [4.78, 5) is 0. The molecule has 2 nitrogen and oxygen atoms in total. The zero-order chi connectivity index (χ0) is 8.53. The quantitative estimate of drug-likeness (QED) is 0.403. The van der Waals surface area contributed by atoms with E-state index in [-0.39, 0.29) is 0 Å². The lowest BCUT2D eigenvalue weighted by atomic mass is 10.2. The van der Waals surface area contributed by atoms with Crippen molar-refractivity contribution < 1.29 is 8.76 Å². The third-order valence-electron chi connectivity index (χ3n) is 1.31. The second-order valence-electron chi connectivity index (χ2n) is 2.34. The second-order valence-corrected chi connectivity index (χ2v) is 3.04. The SMILES string of the molecule is CCCCCCC#CS(=O)O. The lowest BCUT2D eigenvalue weighted by molar-refractivity contribution is 0.576. The molecule has 0 rings (SSSR count). The van der Waals surface area contributed by atoms with Gasteiger partial charge < -0.3 is 0 Å². The van der Waals surface area contributed by atoms with Crippen LogP contribution in [-0.2, 0) is 11.1 Å². The van der Waals surface area contributed by atoms with Gasteiger partial charge in [-0.25, -0.2) is 4.21 Å². The fourth-order valence-electron chi connectivity index (χ4n) is 0.753. The molecule has 0 aliphatic heterocycles. The minimum absolute atomic E-state index is 0.742. The molecule has 11 heavy (non-hydrogen) atoms. The predicted octanol–water partition coefficient (Wildman–Crippen LogP) is 2.14. The van der Waals surface area contributed by atoms with Gasteiger partial charge in [0.1, 0.15) is 0 Å². The van der Waals surface area contributed by atoms with Gasteiger partial charge in [0.25, 0.3) is 0 Å². The molecule has 0 saturated carbocycles. The molecule has 1 unspecified atom stereocenters. The van der Waals surface area contributed by atoms with E-state index in [1.165, 1.54) is 19.3 Å². The molecule has 0 aromatic rings. The van der Waals surface area contributed by atoms with Crippen molar-refractivity contribution >= 4 is 11.1 Å². The molecule has 0 aliphatic rings. The van der Waals surface area contributed by atoms with Crippen molar-refractivity contribution in [1.29, 1.82) is 0 Å². The molecule has 0 bridgehead atoms. The van der Waals surface area contributed by atoms with Gasteiger partial charge in [0.2, 0.25) is 11.1 Å². The summed E-state index contributed by atoms with van der Waals surface area (Å²) in [5.74, 6) is 2.64. The number of hydrogen-bond donors (Lipinski definition) is 1. The van der Waals surface area contributed by atoms with Gasteiger partial charge in [-0.05, 0) is 6.42 Å². The average molecular weight is 174 g/mol. The summed E-state index contributed by atoms with van der Waals surface area (Å²) < 4.78 is 18.3. The second kappa shape index (κ2) is 7.77. The van der Waals surface area contributed by atoms with E-state index in [1.807, 2.05) is 0 Å². The van der Waals surface area contributed by atoms with Gasteiger partial charge in [0.15, 0.2) is 0 Å². The number of rotatable bonds is 4. The summed E-state index contributed by atoms with van der Waals surface area (Å²) in [6.45, 7) is 2.15. The van der Waals surface area contributed by atoms with E-state index >= 15 is 0 Å². The highest BCUT2D eigenvalue weighted by atomic mass is 32.2. The Morgan fingerprint density at radius 2 is 2.09 bits per heavy atom. The van der Waals surface area contributed by atoms with Gasteiger partial charge >= 0.3 is 0 Å². The van der Waals surface area contributed by atoms with E-state index in [1.54, 1.807) is 0 Å². The van der Waals surface area contributed by atoms with Crippen LogP contribution >= 0.6 is 0 Å². The topological polar surface area (TPSA) is 37.3 Å². The summed E-state index contributed by atoms with van der Waals surface area (Å²) >= 11 is -1.93. The zero-order valence-corrected chi connectivity index (χ0v) is 7.62. The van der Waals surface area contributed by atoms with E-state index in [2.05, 4.69) is 18.1 Å². The Morgan fingerprint density at radius 3 is 2.64 bits per heavy atom. The first-order valence-electron chi connectivity index (χ1n) is 3.86. The Hall–Kier alpha value is -0.330. The highest BCUT2D eigenvalue weighted by molar-refractivity contribution is 7.84. The molecule has 0 saturated heterocycles. The van der Waals surface area contributed by atoms with Crippen molar-refractivity contribution in [2.24, 2.45) is 0 Å². The molecule has 1 N–H and O–H groups in total. The molecular weight excluding hydrogens is 160 g/mol. The Bertz CT molecular complexity index is 167. The average Bonchev–Trinajstić information content (AvgIpc) is 1.96. The Labute approximate surface area is 70.7 Å². The highest BCUT2D eigenvalue weighted by Gasteiger charge is 1.84. The molecule has 0 aromatic carbocycles. The molecular formula is C8H14O2S. The first kappa shape index (κ1) is 10.7. The molecule has 0 heterocycles. The third-order valence-corrected chi connectivity index (χ3v) is 1.63. The van der Waals surface area contributed by atoms with Crippen molar-refractivity contribution in [2.75, 3.05) is 0 Å². The molecule has 0 aromatic heterocycles. The number of hydrogen-bond acceptors (Lipinski definition) is 1. The molecule has 0 radical (unpaired) electrons. The van der Waals surface area contributed by atoms with Crippen LogP contribution in [0.25, 0.3) is 0 Å². The summed E-state index contributed by atoms with van der Waals surface area (Å²) in [7, 11) is 0. The molecule has 0 fully saturated rings. The molecule has 64 valence electrons. The van der Waals surface area contributed by atoms with E-state index in [0.717, 1.165) is 12.8 Å². The van der Waals surface area contributed by atoms with Gasteiger partial charge in [-0.1, -0.05) is 32.1 Å². The van der Waals surface area contributed by atoms with Crippen LogP contribution in [0, 0.1) is 11.2 Å². The van der Waals surface area contributed by atoms with Crippen LogP contribution in [0.3, 0.4) is 0 Å². The van der Waals surface area contributed by atoms with Crippen LogP contribution in [0.5, 0.6) is 0 Å². The Balaban J connectivity index is 3.15. The van der Waals surface area contributed by atoms with Gasteiger partial charge in [0.05, 0.1) is 0 Å². The minimum atomic E-state index is -1.93. The summed E-state index contributed by atoms with van der Waals surface area (Å²) in [5, 5.41) is 2.20. The summed E-state index contributed by atoms with van der Waals surface area (Å²) in [6, 6.07) is 0. The first-order chi connectivity index (χ1) is 5.27. The van der Waals surface area contributed by atoms with Crippen LogP contribution < -0.4 is 0 Å². The van der Waals surface area contributed by atoms with Crippen molar-refractivity contribution in [2.45, 2.75) is 39.0 Å². The van der Waals surface area contributed by atoms with Crippen LogP contribution in [0.4, 0.5) is 0 Å². The van der Waals surface area contributed by atoms with Gasteiger partial charge in [-0.2, -0.15) is 0 Å². The van der Waals surface area contributed by atoms with Crippen molar-refractivity contribution in [1.82, 2.24) is 0 Å².